The van der Waals surface area contributed by atoms with Crippen molar-refractivity contribution in [3.05, 3.63) is 29.3 Å². The molecule has 3 rings (SSSR count). The third kappa shape index (κ3) is 4.59. The molecule has 0 radical (unpaired) electrons. The number of ether oxygens (including phenoxy) is 1. The van der Waals surface area contributed by atoms with Crippen LogP contribution >= 0.6 is 11.6 Å². The molecule has 146 valence electrons. The third-order valence-electron chi connectivity index (χ3n) is 5.12. The van der Waals surface area contributed by atoms with Crippen LogP contribution in [0.4, 0.5) is 5.69 Å². The van der Waals surface area contributed by atoms with E-state index in [9.17, 15) is 14.4 Å². The molecule has 1 N–H and O–H groups in total. The Bertz CT molecular complexity index is 703. The zero-order valence-electron chi connectivity index (χ0n) is 15.0. The summed E-state index contributed by atoms with van der Waals surface area (Å²) in [5.41, 5.74) is 0.711. The number of carboxylic acid groups (broad SMARTS) is 1. The van der Waals surface area contributed by atoms with Gasteiger partial charge < -0.3 is 19.6 Å². The molecule has 0 aliphatic carbocycles. The number of nitrogens with zero attached hydrogens (tertiary/aromatic N) is 2. The van der Waals surface area contributed by atoms with Crippen molar-refractivity contribution in [3.8, 4) is 0 Å². The van der Waals surface area contributed by atoms with E-state index >= 15 is 0 Å². The van der Waals surface area contributed by atoms with E-state index in [0.29, 0.717) is 49.7 Å². The molecule has 2 amide bonds. The zero-order chi connectivity index (χ0) is 19.4. The highest BCUT2D eigenvalue weighted by Gasteiger charge is 2.41. The van der Waals surface area contributed by atoms with Crippen LogP contribution in [0.5, 0.6) is 0 Å². The lowest BCUT2D eigenvalue weighted by Crippen LogP contribution is -2.48. The highest BCUT2D eigenvalue weighted by molar-refractivity contribution is 6.30. The van der Waals surface area contributed by atoms with Crippen molar-refractivity contribution in [3.63, 3.8) is 0 Å². The normalized spacial score (nSPS) is 20.7. The Labute approximate surface area is 162 Å². The molecule has 1 aromatic rings. The fraction of sp³-hybridized carbons (Fsp3) is 0.526. The third-order valence-corrected chi connectivity index (χ3v) is 5.38. The van der Waals surface area contributed by atoms with Crippen LogP contribution in [0.15, 0.2) is 24.3 Å². The molecule has 1 atom stereocenters. The SMILES string of the molecule is O=C(O)CCN(C(=O)[C@@H]1CCN(c2ccc(Cl)cc2)C1=O)C1CCOCC1. The van der Waals surface area contributed by atoms with Gasteiger partial charge in [0.25, 0.3) is 0 Å². The van der Waals surface area contributed by atoms with E-state index in [-0.39, 0.29) is 30.8 Å². The van der Waals surface area contributed by atoms with E-state index in [1.165, 1.54) is 0 Å². The maximum atomic E-state index is 13.1. The molecule has 0 spiro atoms. The second-order valence-electron chi connectivity index (χ2n) is 6.83. The standard InChI is InChI=1S/C19H23ClN2O5/c20-13-1-3-14(4-2-13)21-9-5-16(18(21)25)19(26)22(10-6-17(23)24)15-7-11-27-12-8-15/h1-4,15-16H,5-12H2,(H,23,24)/t16-/m1/s1. The van der Waals surface area contributed by atoms with Crippen molar-refractivity contribution in [2.45, 2.75) is 31.7 Å². The van der Waals surface area contributed by atoms with Crippen LogP contribution in [0.25, 0.3) is 0 Å². The molecule has 0 bridgehead atoms. The van der Waals surface area contributed by atoms with Crippen molar-refractivity contribution in [2.75, 3.05) is 31.2 Å². The van der Waals surface area contributed by atoms with Gasteiger partial charge >= 0.3 is 5.97 Å². The van der Waals surface area contributed by atoms with E-state index in [2.05, 4.69) is 0 Å². The molecule has 2 aliphatic heterocycles. The van der Waals surface area contributed by atoms with Crippen LogP contribution in [0, 0.1) is 5.92 Å². The van der Waals surface area contributed by atoms with Crippen LogP contribution in [-0.2, 0) is 19.1 Å². The van der Waals surface area contributed by atoms with Crippen LogP contribution in [0.2, 0.25) is 5.02 Å². The van der Waals surface area contributed by atoms with Gasteiger partial charge in [-0.1, -0.05) is 11.6 Å². The smallest absolute Gasteiger partial charge is 0.305 e. The highest BCUT2D eigenvalue weighted by atomic mass is 35.5. The molecule has 0 saturated carbocycles. The summed E-state index contributed by atoms with van der Waals surface area (Å²) in [5.74, 6) is -2.24. The molecule has 27 heavy (non-hydrogen) atoms. The maximum absolute atomic E-state index is 13.1. The summed E-state index contributed by atoms with van der Waals surface area (Å²) in [6.45, 7) is 1.65. The number of anilines is 1. The molecule has 0 aromatic heterocycles. The van der Waals surface area contributed by atoms with Crippen molar-refractivity contribution in [1.82, 2.24) is 4.90 Å². The summed E-state index contributed by atoms with van der Waals surface area (Å²) in [6.07, 6.45) is 1.61. The van der Waals surface area contributed by atoms with Gasteiger partial charge in [-0.25, -0.2) is 0 Å². The Balaban J connectivity index is 1.73. The topological polar surface area (TPSA) is 87.2 Å². The van der Waals surface area contributed by atoms with Gasteiger partial charge in [-0.15, -0.1) is 0 Å². The fourth-order valence-corrected chi connectivity index (χ4v) is 3.80. The van der Waals surface area contributed by atoms with Crippen LogP contribution in [0.1, 0.15) is 25.7 Å². The zero-order valence-corrected chi connectivity index (χ0v) is 15.7. The first-order chi connectivity index (χ1) is 13.0. The monoisotopic (exact) mass is 394 g/mol. The lowest BCUT2D eigenvalue weighted by atomic mass is 10.0. The van der Waals surface area contributed by atoms with Crippen LogP contribution in [0.3, 0.4) is 0 Å². The summed E-state index contributed by atoms with van der Waals surface area (Å²) < 4.78 is 5.35. The van der Waals surface area contributed by atoms with Crippen molar-refractivity contribution in [2.24, 2.45) is 5.92 Å². The first-order valence-electron chi connectivity index (χ1n) is 9.14. The van der Waals surface area contributed by atoms with Gasteiger partial charge in [-0.3, -0.25) is 14.4 Å². The minimum atomic E-state index is -0.958. The number of rotatable bonds is 6. The van der Waals surface area contributed by atoms with Crippen molar-refractivity contribution in [1.29, 1.82) is 0 Å². The summed E-state index contributed by atoms with van der Waals surface area (Å²) in [5, 5.41) is 9.61. The number of carboxylic acids is 1. The van der Waals surface area contributed by atoms with Gasteiger partial charge in [0, 0.05) is 43.1 Å². The van der Waals surface area contributed by atoms with Gasteiger partial charge in [0.15, 0.2) is 0 Å². The number of halogens is 1. The molecule has 2 fully saturated rings. The van der Waals surface area contributed by atoms with E-state index in [4.69, 9.17) is 21.4 Å². The van der Waals surface area contributed by atoms with E-state index in [1.54, 1.807) is 34.1 Å². The maximum Gasteiger partial charge on any atom is 0.305 e. The summed E-state index contributed by atoms with van der Waals surface area (Å²) in [6, 6.07) is 6.85. The summed E-state index contributed by atoms with van der Waals surface area (Å²) >= 11 is 5.90. The average molecular weight is 395 g/mol. The van der Waals surface area contributed by atoms with Gasteiger partial charge in [0.2, 0.25) is 11.8 Å². The predicted octanol–water partition coefficient (Wildman–Crippen LogP) is 2.18. The Morgan fingerprint density at radius 2 is 1.85 bits per heavy atom. The molecule has 8 heteroatoms. The second kappa shape index (κ2) is 8.71. The molecule has 0 unspecified atom stereocenters. The Morgan fingerprint density at radius 1 is 1.19 bits per heavy atom. The van der Waals surface area contributed by atoms with Crippen LogP contribution < -0.4 is 4.90 Å². The van der Waals surface area contributed by atoms with Crippen molar-refractivity contribution >= 4 is 35.1 Å². The average Bonchev–Trinajstić information content (AvgIpc) is 3.04. The molecule has 2 aliphatic rings. The predicted molar refractivity (Wildman–Crippen MR) is 99.7 cm³/mol. The fourth-order valence-electron chi connectivity index (χ4n) is 3.67. The first-order valence-corrected chi connectivity index (χ1v) is 9.52. The molecular weight excluding hydrogens is 372 g/mol. The highest BCUT2D eigenvalue weighted by Crippen LogP contribution is 2.29. The van der Waals surface area contributed by atoms with E-state index in [0.717, 1.165) is 0 Å². The lowest BCUT2D eigenvalue weighted by molar-refractivity contribution is -0.144. The van der Waals surface area contributed by atoms with E-state index in [1.807, 2.05) is 0 Å². The number of hydrogen-bond donors (Lipinski definition) is 1. The quantitative estimate of drug-likeness (QED) is 0.747. The van der Waals surface area contributed by atoms with Gasteiger partial charge in [0.05, 0.1) is 6.42 Å². The summed E-state index contributed by atoms with van der Waals surface area (Å²) in [7, 11) is 0. The Hall–Kier alpha value is -2.12. The molecule has 2 heterocycles. The Kier molecular flexibility index (Phi) is 6.34. The largest absolute Gasteiger partial charge is 0.481 e. The van der Waals surface area contributed by atoms with Crippen LogP contribution in [-0.4, -0.2) is 60.1 Å². The van der Waals surface area contributed by atoms with E-state index < -0.39 is 11.9 Å². The number of amides is 2. The summed E-state index contributed by atoms with van der Waals surface area (Å²) in [4.78, 5) is 40.2. The molecule has 1 aromatic carbocycles. The van der Waals surface area contributed by atoms with Gasteiger partial charge in [0.1, 0.15) is 5.92 Å². The molecular formula is C19H23ClN2O5. The number of benzene rings is 1. The number of carbonyl (C=O) groups is 3. The lowest BCUT2D eigenvalue weighted by Gasteiger charge is -2.35. The minimum absolute atomic E-state index is 0.0806. The number of aliphatic carboxylic acids is 1. The second-order valence-corrected chi connectivity index (χ2v) is 7.26. The number of hydrogen-bond acceptors (Lipinski definition) is 4. The first kappa shape index (κ1) is 19.6. The Morgan fingerprint density at radius 3 is 2.48 bits per heavy atom. The minimum Gasteiger partial charge on any atom is -0.481 e. The van der Waals surface area contributed by atoms with Gasteiger partial charge in [-0.05, 0) is 43.5 Å². The molecule has 2 saturated heterocycles. The number of carbonyl (C=O) groups excluding carboxylic acids is 2. The molecule has 7 nitrogen and oxygen atoms in total. The van der Waals surface area contributed by atoms with Gasteiger partial charge in [-0.2, -0.15) is 0 Å². The van der Waals surface area contributed by atoms with Crippen molar-refractivity contribution < 1.29 is 24.2 Å².